The van der Waals surface area contributed by atoms with Gasteiger partial charge in [0.05, 0.1) is 5.69 Å². The van der Waals surface area contributed by atoms with Crippen LogP contribution in [0.1, 0.15) is 6.42 Å². The van der Waals surface area contributed by atoms with Crippen LogP contribution in [0.4, 0.5) is 10.1 Å². The number of carbonyl (C=O) groups excluding carboxylic acids is 1. The summed E-state index contributed by atoms with van der Waals surface area (Å²) in [6, 6.07) is 4.68. The van der Waals surface area contributed by atoms with Crippen LogP contribution in [-0.2, 0) is 4.79 Å². The fraction of sp³-hybridized carbons (Fsp3) is 0.364. The van der Waals surface area contributed by atoms with Crippen LogP contribution in [0.2, 0.25) is 0 Å². The van der Waals surface area contributed by atoms with Gasteiger partial charge in [0, 0.05) is 31.2 Å². The highest BCUT2D eigenvalue weighted by molar-refractivity contribution is 7.99. The van der Waals surface area contributed by atoms with Crippen molar-refractivity contribution in [2.24, 2.45) is 0 Å². The van der Waals surface area contributed by atoms with Gasteiger partial charge < -0.3 is 10.6 Å². The summed E-state index contributed by atoms with van der Waals surface area (Å²) in [6.45, 7) is 0. The highest BCUT2D eigenvalue weighted by Gasteiger charge is 2.05. The smallest absolute Gasteiger partial charge is 0.222 e. The molecule has 1 aromatic carbocycles. The number of amides is 1. The van der Waals surface area contributed by atoms with Crippen molar-refractivity contribution >= 4 is 23.4 Å². The zero-order valence-electron chi connectivity index (χ0n) is 9.37. The van der Waals surface area contributed by atoms with Crippen molar-refractivity contribution in [1.82, 2.24) is 4.90 Å². The maximum atomic E-state index is 13.1. The van der Waals surface area contributed by atoms with Gasteiger partial charge >= 0.3 is 0 Å². The predicted octanol–water partition coefficient (Wildman–Crippen LogP) is 1.98. The van der Waals surface area contributed by atoms with E-state index in [0.717, 1.165) is 4.90 Å². The number of halogens is 1. The average Bonchev–Trinajstić information content (AvgIpc) is 2.23. The highest BCUT2D eigenvalue weighted by atomic mass is 32.2. The van der Waals surface area contributed by atoms with Crippen molar-refractivity contribution in [3.63, 3.8) is 0 Å². The molecule has 0 heterocycles. The molecule has 2 N–H and O–H groups in total. The minimum atomic E-state index is -0.413. The summed E-state index contributed by atoms with van der Waals surface area (Å²) in [6.07, 6.45) is 0.448. The first-order chi connectivity index (χ1) is 7.50. The van der Waals surface area contributed by atoms with Crippen molar-refractivity contribution in [2.75, 3.05) is 25.6 Å². The van der Waals surface area contributed by atoms with E-state index in [0.29, 0.717) is 12.2 Å². The van der Waals surface area contributed by atoms with E-state index in [9.17, 15) is 9.18 Å². The lowest BCUT2D eigenvalue weighted by molar-refractivity contribution is -0.128. The van der Waals surface area contributed by atoms with Crippen LogP contribution >= 0.6 is 11.8 Å². The van der Waals surface area contributed by atoms with Crippen LogP contribution in [0.15, 0.2) is 23.1 Å². The number of nitrogens with zero attached hydrogens (tertiary/aromatic N) is 1. The highest BCUT2D eigenvalue weighted by Crippen LogP contribution is 2.22. The molecule has 0 aliphatic carbocycles. The van der Waals surface area contributed by atoms with Crippen LogP contribution in [-0.4, -0.2) is 30.7 Å². The summed E-state index contributed by atoms with van der Waals surface area (Å²) >= 11 is 1.45. The van der Waals surface area contributed by atoms with Crippen LogP contribution in [0.5, 0.6) is 0 Å². The molecule has 0 aliphatic heterocycles. The molecule has 3 nitrogen and oxygen atoms in total. The molecule has 0 radical (unpaired) electrons. The van der Waals surface area contributed by atoms with Crippen LogP contribution in [0, 0.1) is 5.82 Å². The largest absolute Gasteiger partial charge is 0.396 e. The van der Waals surface area contributed by atoms with E-state index >= 15 is 0 Å². The van der Waals surface area contributed by atoms with Gasteiger partial charge in [0.25, 0.3) is 0 Å². The number of thioether (sulfide) groups is 1. The summed E-state index contributed by atoms with van der Waals surface area (Å²) in [5.74, 6) is 0.299. The first-order valence-electron chi connectivity index (χ1n) is 4.88. The Labute approximate surface area is 98.8 Å². The molecule has 5 heteroatoms. The minimum absolute atomic E-state index is 0.0726. The molecule has 0 aliphatic rings. The van der Waals surface area contributed by atoms with E-state index in [1.807, 2.05) is 0 Å². The summed E-state index contributed by atoms with van der Waals surface area (Å²) in [5, 5.41) is 0. The van der Waals surface area contributed by atoms with E-state index in [1.54, 1.807) is 25.1 Å². The number of rotatable bonds is 4. The Balaban J connectivity index is 2.43. The third-order valence-corrected chi connectivity index (χ3v) is 3.05. The fourth-order valence-electron chi connectivity index (χ4n) is 1.08. The normalized spacial score (nSPS) is 10.2. The molecule has 88 valence electrons. The molecular formula is C11H15FN2OS. The number of hydrogen-bond acceptors (Lipinski definition) is 3. The average molecular weight is 242 g/mol. The van der Waals surface area contributed by atoms with Gasteiger partial charge in [-0.25, -0.2) is 4.39 Å². The van der Waals surface area contributed by atoms with E-state index in [-0.39, 0.29) is 11.6 Å². The van der Waals surface area contributed by atoms with Crippen LogP contribution in [0.3, 0.4) is 0 Å². The minimum Gasteiger partial charge on any atom is -0.396 e. The van der Waals surface area contributed by atoms with Gasteiger partial charge in [-0.3, -0.25) is 4.79 Å². The zero-order valence-corrected chi connectivity index (χ0v) is 10.2. The quantitative estimate of drug-likeness (QED) is 0.648. The van der Waals surface area contributed by atoms with Gasteiger partial charge in [-0.1, -0.05) is 0 Å². The topological polar surface area (TPSA) is 46.3 Å². The second-order valence-corrected chi connectivity index (χ2v) is 4.74. The molecule has 1 amide bonds. The molecule has 1 aromatic rings. The number of hydrogen-bond donors (Lipinski definition) is 1. The molecule has 0 spiro atoms. The fourth-order valence-corrected chi connectivity index (χ4v) is 1.94. The number of nitrogen functional groups attached to an aromatic ring is 1. The maximum Gasteiger partial charge on any atom is 0.222 e. The first kappa shape index (κ1) is 12.8. The van der Waals surface area contributed by atoms with E-state index in [4.69, 9.17) is 5.73 Å². The third kappa shape index (κ3) is 3.73. The Morgan fingerprint density at radius 3 is 2.75 bits per heavy atom. The summed E-state index contributed by atoms with van der Waals surface area (Å²) in [7, 11) is 3.44. The van der Waals surface area contributed by atoms with E-state index in [2.05, 4.69) is 0 Å². The van der Waals surface area contributed by atoms with Crippen molar-refractivity contribution in [2.45, 2.75) is 11.3 Å². The maximum absolute atomic E-state index is 13.1. The summed E-state index contributed by atoms with van der Waals surface area (Å²) < 4.78 is 13.1. The number of nitrogens with two attached hydrogens (primary N) is 1. The van der Waals surface area contributed by atoms with Crippen molar-refractivity contribution < 1.29 is 9.18 Å². The van der Waals surface area contributed by atoms with Gasteiger partial charge in [0.2, 0.25) is 5.91 Å². The van der Waals surface area contributed by atoms with Gasteiger partial charge in [0.15, 0.2) is 0 Å². The van der Waals surface area contributed by atoms with Gasteiger partial charge in [-0.2, -0.15) is 0 Å². The van der Waals surface area contributed by atoms with E-state index < -0.39 is 5.82 Å². The number of carbonyl (C=O) groups is 1. The number of anilines is 1. The molecule has 0 unspecified atom stereocenters. The zero-order chi connectivity index (χ0) is 12.1. The molecule has 0 atom stereocenters. The molecule has 0 saturated heterocycles. The first-order valence-corrected chi connectivity index (χ1v) is 5.87. The Hall–Kier alpha value is -1.23. The SMILES string of the molecule is CN(C)C(=O)CCSc1ccc(N)c(F)c1. The van der Waals surface area contributed by atoms with Crippen molar-refractivity contribution in [1.29, 1.82) is 0 Å². The second kappa shape index (κ2) is 5.75. The molecule has 1 rings (SSSR count). The Kier molecular flexibility index (Phi) is 4.61. The number of benzene rings is 1. The Morgan fingerprint density at radius 2 is 2.19 bits per heavy atom. The predicted molar refractivity (Wildman–Crippen MR) is 64.8 cm³/mol. The van der Waals surface area contributed by atoms with Crippen molar-refractivity contribution in [3.8, 4) is 0 Å². The molecule has 0 saturated carbocycles. The third-order valence-electron chi connectivity index (χ3n) is 2.06. The van der Waals surface area contributed by atoms with Crippen LogP contribution < -0.4 is 5.73 Å². The molecular weight excluding hydrogens is 227 g/mol. The Morgan fingerprint density at radius 1 is 1.50 bits per heavy atom. The van der Waals surface area contributed by atoms with Gasteiger partial charge in [-0.15, -0.1) is 11.8 Å². The lowest BCUT2D eigenvalue weighted by Crippen LogP contribution is -2.21. The Bertz CT molecular complexity index is 382. The molecule has 0 bridgehead atoms. The standard InChI is InChI=1S/C11H15FN2OS/c1-14(2)11(15)5-6-16-8-3-4-10(13)9(12)7-8/h3-4,7H,5-6,13H2,1-2H3. The molecule has 16 heavy (non-hydrogen) atoms. The monoisotopic (exact) mass is 242 g/mol. The second-order valence-electron chi connectivity index (χ2n) is 3.57. The lowest BCUT2D eigenvalue weighted by atomic mass is 10.3. The lowest BCUT2D eigenvalue weighted by Gasteiger charge is -2.09. The summed E-state index contributed by atoms with van der Waals surface area (Å²) in [4.78, 5) is 13.6. The van der Waals surface area contributed by atoms with Gasteiger partial charge in [-0.05, 0) is 18.2 Å². The van der Waals surface area contributed by atoms with Gasteiger partial charge in [0.1, 0.15) is 5.82 Å². The molecule has 0 fully saturated rings. The van der Waals surface area contributed by atoms with E-state index in [1.165, 1.54) is 23.9 Å². The van der Waals surface area contributed by atoms with Crippen LogP contribution in [0.25, 0.3) is 0 Å². The van der Waals surface area contributed by atoms with Crippen molar-refractivity contribution in [3.05, 3.63) is 24.0 Å². The summed E-state index contributed by atoms with van der Waals surface area (Å²) in [5.41, 5.74) is 5.51. The molecule has 0 aromatic heterocycles.